The van der Waals surface area contributed by atoms with E-state index in [9.17, 15) is 4.79 Å². The van der Waals surface area contributed by atoms with E-state index in [-0.39, 0.29) is 17.9 Å². The van der Waals surface area contributed by atoms with Gasteiger partial charge in [0.1, 0.15) is 0 Å². The monoisotopic (exact) mass is 347 g/mol. The van der Waals surface area contributed by atoms with Crippen LogP contribution in [-0.4, -0.2) is 31.9 Å². The number of hydrogen-bond donors (Lipinski definition) is 1. The van der Waals surface area contributed by atoms with Gasteiger partial charge in [-0.15, -0.1) is 27.8 Å². The number of amides is 1. The summed E-state index contributed by atoms with van der Waals surface area (Å²) in [5.74, 6) is 0.136. The molecule has 0 aliphatic rings. The molecule has 3 aromatic rings. The molecular weight excluding hydrogens is 330 g/mol. The van der Waals surface area contributed by atoms with Gasteiger partial charge >= 0.3 is 0 Å². The smallest absolute Gasteiger partial charge is 0.280 e. The summed E-state index contributed by atoms with van der Waals surface area (Å²) in [6.45, 7) is 4.73. The van der Waals surface area contributed by atoms with Gasteiger partial charge in [0.25, 0.3) is 5.91 Å². The first-order valence-corrected chi connectivity index (χ1v) is 9.04. The summed E-state index contributed by atoms with van der Waals surface area (Å²) >= 11 is 2.98. The zero-order valence-corrected chi connectivity index (χ0v) is 14.5. The zero-order valence-electron chi connectivity index (χ0n) is 12.8. The van der Waals surface area contributed by atoms with Crippen molar-refractivity contribution in [2.45, 2.75) is 26.4 Å². The summed E-state index contributed by atoms with van der Waals surface area (Å²) < 4.78 is 1.73. The predicted molar refractivity (Wildman–Crippen MR) is 91.5 cm³/mol. The highest BCUT2D eigenvalue weighted by Crippen LogP contribution is 2.26. The maximum Gasteiger partial charge on any atom is 0.280 e. The molecule has 3 rings (SSSR count). The van der Waals surface area contributed by atoms with Crippen molar-refractivity contribution in [3.8, 4) is 10.6 Å². The highest BCUT2D eigenvalue weighted by molar-refractivity contribution is 7.15. The Morgan fingerprint density at radius 1 is 1.39 bits per heavy atom. The van der Waals surface area contributed by atoms with E-state index in [0.717, 1.165) is 10.6 Å². The van der Waals surface area contributed by atoms with Gasteiger partial charge in [0.15, 0.2) is 5.01 Å². The van der Waals surface area contributed by atoms with Crippen LogP contribution in [0.4, 0.5) is 0 Å². The molecule has 3 aromatic heterocycles. The lowest BCUT2D eigenvalue weighted by Crippen LogP contribution is -2.41. The first-order valence-electron chi connectivity index (χ1n) is 7.28. The van der Waals surface area contributed by atoms with E-state index in [0.29, 0.717) is 11.6 Å². The zero-order chi connectivity index (χ0) is 16.2. The summed E-state index contributed by atoms with van der Waals surface area (Å²) in [5.41, 5.74) is 0.854. The molecule has 0 saturated heterocycles. The van der Waals surface area contributed by atoms with Gasteiger partial charge in [-0.1, -0.05) is 25.1 Å². The number of carbonyl (C=O) groups is 1. The second-order valence-electron chi connectivity index (χ2n) is 5.46. The van der Waals surface area contributed by atoms with Crippen molar-refractivity contribution >= 4 is 28.6 Å². The number of hydrogen-bond acceptors (Lipinski definition) is 6. The maximum absolute atomic E-state index is 12.5. The topological polar surface area (TPSA) is 72.7 Å². The SMILES string of the molecule is CC(C)[C@H](Cn1ccnn1)NC(=O)c1nc(-c2cccs2)cs1. The Morgan fingerprint density at radius 2 is 2.26 bits per heavy atom. The first-order chi connectivity index (χ1) is 11.1. The molecule has 0 spiro atoms. The van der Waals surface area contributed by atoms with Crippen molar-refractivity contribution in [2.75, 3.05) is 0 Å². The van der Waals surface area contributed by atoms with Crippen molar-refractivity contribution in [1.82, 2.24) is 25.3 Å². The number of carbonyl (C=O) groups excluding carboxylic acids is 1. The third kappa shape index (κ3) is 3.83. The van der Waals surface area contributed by atoms with Crippen LogP contribution in [-0.2, 0) is 6.54 Å². The predicted octanol–water partition coefficient (Wildman–Crippen LogP) is 2.92. The van der Waals surface area contributed by atoms with Crippen molar-refractivity contribution in [3.05, 3.63) is 40.3 Å². The van der Waals surface area contributed by atoms with E-state index in [4.69, 9.17) is 0 Å². The standard InChI is InChI=1S/C15H17N5OS2/c1-10(2)11(8-20-6-5-16-19-20)17-14(21)15-18-12(9-23-15)13-4-3-7-22-13/h3-7,9-11H,8H2,1-2H3,(H,17,21)/t11-/m0/s1. The van der Waals surface area contributed by atoms with Crippen LogP contribution in [0.15, 0.2) is 35.3 Å². The van der Waals surface area contributed by atoms with E-state index in [2.05, 4.69) is 34.5 Å². The number of aromatic nitrogens is 4. The Bertz CT molecular complexity index is 749. The largest absolute Gasteiger partial charge is 0.345 e. The van der Waals surface area contributed by atoms with Crippen LogP contribution >= 0.6 is 22.7 Å². The lowest BCUT2D eigenvalue weighted by atomic mass is 10.0. The second-order valence-corrected chi connectivity index (χ2v) is 7.27. The number of thiazole rings is 1. The van der Waals surface area contributed by atoms with E-state index in [1.807, 2.05) is 22.9 Å². The van der Waals surface area contributed by atoms with Gasteiger partial charge in [-0.2, -0.15) is 0 Å². The van der Waals surface area contributed by atoms with Crippen LogP contribution < -0.4 is 5.32 Å². The molecule has 0 aromatic carbocycles. The number of thiophene rings is 1. The van der Waals surface area contributed by atoms with E-state index >= 15 is 0 Å². The Balaban J connectivity index is 1.69. The van der Waals surface area contributed by atoms with Crippen LogP contribution in [0.25, 0.3) is 10.6 Å². The molecule has 0 radical (unpaired) electrons. The van der Waals surface area contributed by atoms with E-state index in [1.165, 1.54) is 11.3 Å². The molecule has 3 heterocycles. The summed E-state index contributed by atoms with van der Waals surface area (Å²) in [4.78, 5) is 18.0. The number of nitrogens with one attached hydrogen (secondary N) is 1. The molecule has 120 valence electrons. The number of rotatable bonds is 6. The molecule has 0 unspecified atom stereocenters. The summed E-state index contributed by atoms with van der Waals surface area (Å²) in [7, 11) is 0. The molecule has 0 fully saturated rings. The Kier molecular flexibility index (Phi) is 4.82. The van der Waals surface area contributed by atoms with Gasteiger partial charge in [0.2, 0.25) is 0 Å². The average molecular weight is 347 g/mol. The molecule has 1 amide bonds. The normalized spacial score (nSPS) is 12.5. The third-order valence-corrected chi connectivity index (χ3v) is 5.18. The lowest BCUT2D eigenvalue weighted by Gasteiger charge is -2.21. The second kappa shape index (κ2) is 7.01. The fraction of sp³-hybridized carbons (Fsp3) is 0.333. The molecule has 0 bridgehead atoms. The van der Waals surface area contributed by atoms with Crippen molar-refractivity contribution in [2.24, 2.45) is 5.92 Å². The van der Waals surface area contributed by atoms with Crippen LogP contribution in [0.2, 0.25) is 0 Å². The fourth-order valence-corrected chi connectivity index (χ4v) is 3.58. The molecule has 0 saturated carbocycles. The molecule has 8 heteroatoms. The molecule has 23 heavy (non-hydrogen) atoms. The highest BCUT2D eigenvalue weighted by atomic mass is 32.1. The van der Waals surface area contributed by atoms with Crippen molar-refractivity contribution in [1.29, 1.82) is 0 Å². The van der Waals surface area contributed by atoms with Crippen LogP contribution in [0.1, 0.15) is 23.6 Å². The third-order valence-electron chi connectivity index (χ3n) is 3.45. The Labute approximate surface area is 142 Å². The molecule has 1 N–H and O–H groups in total. The van der Waals surface area contributed by atoms with Crippen LogP contribution in [0, 0.1) is 5.92 Å². The maximum atomic E-state index is 12.5. The summed E-state index contributed by atoms with van der Waals surface area (Å²) in [5, 5.41) is 15.2. The van der Waals surface area contributed by atoms with Gasteiger partial charge < -0.3 is 5.32 Å². The average Bonchev–Trinajstić information content (AvgIpc) is 3.27. The summed E-state index contributed by atoms with van der Waals surface area (Å²) in [6, 6.07) is 3.95. The van der Waals surface area contributed by atoms with Gasteiger partial charge in [-0.25, -0.2) is 4.98 Å². The first kappa shape index (κ1) is 15.8. The molecule has 1 atom stereocenters. The van der Waals surface area contributed by atoms with E-state index < -0.39 is 0 Å². The van der Waals surface area contributed by atoms with Gasteiger partial charge in [0.05, 0.1) is 29.4 Å². The molecular formula is C15H17N5OS2. The van der Waals surface area contributed by atoms with Gasteiger partial charge in [0, 0.05) is 11.6 Å². The molecule has 0 aliphatic heterocycles. The minimum atomic E-state index is -0.142. The van der Waals surface area contributed by atoms with Crippen LogP contribution in [0.5, 0.6) is 0 Å². The Morgan fingerprint density at radius 3 is 2.91 bits per heavy atom. The molecule has 6 nitrogen and oxygen atoms in total. The minimum Gasteiger partial charge on any atom is -0.345 e. The fourth-order valence-electron chi connectivity index (χ4n) is 2.10. The summed E-state index contributed by atoms with van der Waals surface area (Å²) in [6.07, 6.45) is 3.42. The van der Waals surface area contributed by atoms with Gasteiger partial charge in [-0.05, 0) is 17.4 Å². The lowest BCUT2D eigenvalue weighted by molar-refractivity contribution is 0.0919. The highest BCUT2D eigenvalue weighted by Gasteiger charge is 2.20. The van der Waals surface area contributed by atoms with Gasteiger partial charge in [-0.3, -0.25) is 9.48 Å². The van der Waals surface area contributed by atoms with Crippen LogP contribution in [0.3, 0.4) is 0 Å². The molecule has 0 aliphatic carbocycles. The number of nitrogens with zero attached hydrogens (tertiary/aromatic N) is 4. The van der Waals surface area contributed by atoms with E-state index in [1.54, 1.807) is 28.4 Å². The Hall–Kier alpha value is -2.06. The van der Waals surface area contributed by atoms with Crippen molar-refractivity contribution < 1.29 is 4.79 Å². The minimum absolute atomic E-state index is 0.0294. The quantitative estimate of drug-likeness (QED) is 0.744. The van der Waals surface area contributed by atoms with Crippen molar-refractivity contribution in [3.63, 3.8) is 0 Å².